The van der Waals surface area contributed by atoms with Crippen LogP contribution in [0.3, 0.4) is 0 Å². The van der Waals surface area contributed by atoms with Crippen LogP contribution < -0.4 is 0 Å². The van der Waals surface area contributed by atoms with Gasteiger partial charge in [0.05, 0.1) is 24.1 Å². The van der Waals surface area contributed by atoms with Crippen molar-refractivity contribution in [2.24, 2.45) is 4.99 Å². The quantitative estimate of drug-likeness (QED) is 0.488. The zero-order chi connectivity index (χ0) is 20.8. The Morgan fingerprint density at radius 2 is 1.47 bits per heavy atom. The summed E-state index contributed by atoms with van der Waals surface area (Å²) in [6, 6.07) is 29.2. The van der Waals surface area contributed by atoms with Crippen LogP contribution in [0, 0.1) is 5.92 Å². The predicted molar refractivity (Wildman–Crippen MR) is 124 cm³/mol. The summed E-state index contributed by atoms with van der Waals surface area (Å²) in [5.74, 6) is 1.44. The zero-order valence-corrected chi connectivity index (χ0v) is 17.8. The van der Waals surface area contributed by atoms with E-state index in [1.807, 2.05) is 12.1 Å². The van der Waals surface area contributed by atoms with Crippen LogP contribution in [0.2, 0.25) is 0 Å². The first kappa shape index (κ1) is 20.5. The zero-order valence-electron chi connectivity index (χ0n) is 17.8. The van der Waals surface area contributed by atoms with Crippen LogP contribution in [0.4, 0.5) is 5.69 Å². The molecule has 1 atom stereocenters. The molecule has 1 saturated heterocycles. The topological polar surface area (TPSA) is 24.8 Å². The van der Waals surface area contributed by atoms with E-state index in [-0.39, 0.29) is 6.10 Å². The molecule has 1 radical (unpaired) electrons. The molecule has 1 aliphatic heterocycles. The third kappa shape index (κ3) is 5.24. The van der Waals surface area contributed by atoms with Crippen LogP contribution in [0.1, 0.15) is 36.6 Å². The molecule has 4 rings (SSSR count). The molecule has 0 spiro atoms. The van der Waals surface area contributed by atoms with Gasteiger partial charge >= 0.3 is 0 Å². The fourth-order valence-corrected chi connectivity index (χ4v) is 3.88. The number of aliphatic imine (C=N–C) groups is 1. The van der Waals surface area contributed by atoms with Crippen LogP contribution >= 0.6 is 0 Å². The van der Waals surface area contributed by atoms with Gasteiger partial charge in [0, 0.05) is 30.8 Å². The summed E-state index contributed by atoms with van der Waals surface area (Å²) >= 11 is 0. The maximum Gasteiger partial charge on any atom is 0.0952 e. The first-order chi connectivity index (χ1) is 14.7. The molecule has 0 amide bonds. The van der Waals surface area contributed by atoms with Crippen molar-refractivity contribution in [2.45, 2.75) is 20.0 Å². The Morgan fingerprint density at radius 1 is 0.867 bits per heavy atom. The Morgan fingerprint density at radius 3 is 2.03 bits per heavy atom. The molecule has 0 bridgehead atoms. The summed E-state index contributed by atoms with van der Waals surface area (Å²) < 4.78 is 6.05. The Bertz CT molecular complexity index is 908. The lowest BCUT2D eigenvalue weighted by atomic mass is 10.0. The molecule has 3 aromatic carbocycles. The van der Waals surface area contributed by atoms with Gasteiger partial charge in [-0.25, -0.2) is 4.99 Å². The number of nitrogens with zero attached hydrogens (tertiary/aromatic N) is 2. The van der Waals surface area contributed by atoms with E-state index in [1.54, 1.807) is 0 Å². The Labute approximate surface area is 180 Å². The Kier molecular flexibility index (Phi) is 6.73. The molecule has 3 nitrogen and oxygen atoms in total. The molecule has 153 valence electrons. The molecule has 3 aromatic rings. The average molecular weight is 398 g/mol. The number of benzene rings is 3. The molecule has 0 aromatic heterocycles. The predicted octanol–water partition coefficient (Wildman–Crippen LogP) is 5.84. The van der Waals surface area contributed by atoms with Crippen molar-refractivity contribution < 1.29 is 4.74 Å². The first-order valence-electron chi connectivity index (χ1n) is 10.6. The van der Waals surface area contributed by atoms with Crippen molar-refractivity contribution in [2.75, 3.05) is 26.2 Å². The van der Waals surface area contributed by atoms with Crippen molar-refractivity contribution in [3.63, 3.8) is 0 Å². The molecule has 1 fully saturated rings. The number of ether oxygens (including phenoxy) is 1. The van der Waals surface area contributed by atoms with Crippen molar-refractivity contribution in [1.29, 1.82) is 0 Å². The summed E-state index contributed by atoms with van der Waals surface area (Å²) in [4.78, 5) is 7.47. The summed E-state index contributed by atoms with van der Waals surface area (Å²) in [7, 11) is 0. The van der Waals surface area contributed by atoms with E-state index >= 15 is 0 Å². The lowest BCUT2D eigenvalue weighted by Crippen LogP contribution is -2.39. The second-order valence-electron chi connectivity index (χ2n) is 8.09. The maximum atomic E-state index is 6.05. The van der Waals surface area contributed by atoms with Crippen molar-refractivity contribution >= 4 is 11.4 Å². The van der Waals surface area contributed by atoms with Crippen molar-refractivity contribution in [3.05, 3.63) is 108 Å². The molecule has 0 N–H and O–H groups in total. The van der Waals surface area contributed by atoms with Gasteiger partial charge < -0.3 is 4.74 Å². The van der Waals surface area contributed by atoms with E-state index in [0.29, 0.717) is 0 Å². The van der Waals surface area contributed by atoms with Crippen LogP contribution in [-0.2, 0) is 4.74 Å². The van der Waals surface area contributed by atoms with E-state index < -0.39 is 0 Å². The minimum atomic E-state index is 0.124. The smallest absolute Gasteiger partial charge is 0.0952 e. The van der Waals surface area contributed by atoms with E-state index in [9.17, 15) is 0 Å². The van der Waals surface area contributed by atoms with E-state index in [4.69, 9.17) is 9.73 Å². The molecule has 3 heteroatoms. The van der Waals surface area contributed by atoms with Gasteiger partial charge in [-0.05, 0) is 23.6 Å². The number of morpholine rings is 1. The van der Waals surface area contributed by atoms with Crippen LogP contribution in [-0.4, -0.2) is 36.9 Å². The number of hydrogen-bond acceptors (Lipinski definition) is 3. The van der Waals surface area contributed by atoms with Crippen LogP contribution in [0.25, 0.3) is 0 Å². The summed E-state index contributed by atoms with van der Waals surface area (Å²) in [6.07, 6.45) is 0.124. The summed E-state index contributed by atoms with van der Waals surface area (Å²) in [5.41, 5.74) is 5.38. The van der Waals surface area contributed by atoms with E-state index in [0.717, 1.165) is 48.8 Å². The fourth-order valence-electron chi connectivity index (χ4n) is 3.88. The largest absolute Gasteiger partial charge is 0.371 e. The van der Waals surface area contributed by atoms with Gasteiger partial charge in [-0.3, -0.25) is 4.90 Å². The molecule has 30 heavy (non-hydrogen) atoms. The highest BCUT2D eigenvalue weighted by Gasteiger charge is 2.22. The second kappa shape index (κ2) is 9.84. The van der Waals surface area contributed by atoms with Gasteiger partial charge in [0.1, 0.15) is 0 Å². The van der Waals surface area contributed by atoms with E-state index in [1.165, 1.54) is 11.5 Å². The monoisotopic (exact) mass is 397 g/mol. The lowest BCUT2D eigenvalue weighted by Gasteiger charge is -2.34. The fraction of sp³-hybridized carbons (Fsp3) is 0.259. The summed E-state index contributed by atoms with van der Waals surface area (Å²) in [5, 5.41) is 0. The van der Waals surface area contributed by atoms with Gasteiger partial charge in [0.25, 0.3) is 0 Å². The lowest BCUT2D eigenvalue weighted by molar-refractivity contribution is -0.0283. The van der Waals surface area contributed by atoms with Crippen LogP contribution in [0.15, 0.2) is 89.9 Å². The molecule has 1 aliphatic rings. The summed E-state index contributed by atoms with van der Waals surface area (Å²) in [6.45, 7) is 8.14. The van der Waals surface area contributed by atoms with Crippen molar-refractivity contribution in [3.8, 4) is 0 Å². The maximum absolute atomic E-state index is 6.05. The highest BCUT2D eigenvalue weighted by atomic mass is 16.5. The van der Waals surface area contributed by atoms with Crippen LogP contribution in [0.5, 0.6) is 0 Å². The minimum Gasteiger partial charge on any atom is -0.371 e. The Hall–Kier alpha value is -2.75. The van der Waals surface area contributed by atoms with Gasteiger partial charge in [0.2, 0.25) is 0 Å². The second-order valence-corrected chi connectivity index (χ2v) is 8.09. The third-order valence-electron chi connectivity index (χ3n) is 5.29. The standard InChI is InChI=1S/C27H29N2O/c1-21(2)19-29-17-18-30-26(20-29)22-13-15-25(16-14-22)28-27(23-9-5-3-6-10-23)24-11-7-4-8-12-24/h3-16,26H,17-20H2,1-2H3/t26-/m0/s1. The van der Waals surface area contributed by atoms with Gasteiger partial charge in [-0.15, -0.1) is 0 Å². The molecular formula is C27H29N2O. The van der Waals surface area contributed by atoms with Crippen molar-refractivity contribution in [1.82, 2.24) is 4.90 Å². The molecule has 0 saturated carbocycles. The molecule has 0 aliphatic carbocycles. The SMILES string of the molecule is C[C](C)CN1CCO[C@H](c2ccc(N=C(c3ccccc3)c3ccccc3)cc2)C1. The average Bonchev–Trinajstić information content (AvgIpc) is 2.79. The van der Waals surface area contributed by atoms with Gasteiger partial charge in [0.15, 0.2) is 0 Å². The molecular weight excluding hydrogens is 368 g/mol. The molecule has 0 unspecified atom stereocenters. The molecule has 1 heterocycles. The van der Waals surface area contributed by atoms with Gasteiger partial charge in [-0.1, -0.05) is 86.6 Å². The number of rotatable bonds is 6. The van der Waals surface area contributed by atoms with E-state index in [2.05, 4.69) is 91.5 Å². The Balaban J connectivity index is 1.57. The third-order valence-corrected chi connectivity index (χ3v) is 5.29. The highest BCUT2D eigenvalue weighted by Crippen LogP contribution is 2.26. The number of hydrogen-bond donors (Lipinski definition) is 0. The minimum absolute atomic E-state index is 0.124. The first-order valence-corrected chi connectivity index (χ1v) is 10.6. The normalized spacial score (nSPS) is 17.1. The highest BCUT2D eigenvalue weighted by molar-refractivity contribution is 6.13. The van der Waals surface area contributed by atoms with Gasteiger partial charge in [-0.2, -0.15) is 0 Å².